The molecule has 0 bridgehead atoms. The number of nitrogens with zero attached hydrogens (tertiary/aromatic N) is 2. The Kier molecular flexibility index (Phi) is 7.83. The zero-order chi connectivity index (χ0) is 22.1. The summed E-state index contributed by atoms with van der Waals surface area (Å²) in [5.74, 6) is 1.13. The first-order valence-corrected chi connectivity index (χ1v) is 10.3. The molecule has 3 rings (SSSR count). The molecule has 0 unspecified atom stereocenters. The maximum atomic E-state index is 12.3. The minimum Gasteiger partial charge on any atom is -0.494 e. The van der Waals surface area contributed by atoms with Crippen molar-refractivity contribution in [2.24, 2.45) is 0 Å². The van der Waals surface area contributed by atoms with Crippen molar-refractivity contribution in [3.05, 3.63) is 60.9 Å². The summed E-state index contributed by atoms with van der Waals surface area (Å²) in [4.78, 5) is 12.3. The van der Waals surface area contributed by atoms with Crippen molar-refractivity contribution >= 4 is 34.6 Å². The first kappa shape index (κ1) is 22.1. The Balaban J connectivity index is 1.52. The van der Waals surface area contributed by atoms with Crippen LogP contribution in [0, 0.1) is 0 Å². The van der Waals surface area contributed by atoms with Gasteiger partial charge in [-0.25, -0.2) is 4.68 Å². The minimum atomic E-state index is -0.218. The molecule has 3 aromatic rings. The molecule has 0 aliphatic carbocycles. The number of ether oxygens (including phenoxy) is 2. The number of amides is 1. The first-order valence-electron chi connectivity index (χ1n) is 9.93. The molecule has 162 valence electrons. The molecule has 0 saturated carbocycles. The highest BCUT2D eigenvalue weighted by molar-refractivity contribution is 7.80. The Morgan fingerprint density at radius 1 is 1.06 bits per heavy atom. The smallest absolute Gasteiger partial charge is 0.243 e. The van der Waals surface area contributed by atoms with Gasteiger partial charge in [0.05, 0.1) is 31.1 Å². The molecule has 0 saturated heterocycles. The monoisotopic (exact) mass is 439 g/mol. The third-order valence-corrected chi connectivity index (χ3v) is 4.39. The third-order valence-electron chi connectivity index (χ3n) is 4.14. The standard InChI is InChI=1S/C22H25N5O3S/c1-3-29-18-10-11-20(30-4-2)19(14-18)26-22(31)23-15-21(28)25-16-6-8-17(9-7-16)27-13-5-12-24-27/h5-14H,3-4,15H2,1-2H3,(H,25,28)(H2,23,26,31). The van der Waals surface area contributed by atoms with E-state index in [0.29, 0.717) is 41.2 Å². The fourth-order valence-electron chi connectivity index (χ4n) is 2.80. The SMILES string of the molecule is CCOc1ccc(OCC)c(NC(=S)NCC(=O)Nc2ccc(-n3cccn3)cc2)c1. The van der Waals surface area contributed by atoms with Crippen LogP contribution >= 0.6 is 12.2 Å². The maximum absolute atomic E-state index is 12.3. The molecule has 0 aliphatic heterocycles. The summed E-state index contributed by atoms with van der Waals surface area (Å²) < 4.78 is 12.9. The van der Waals surface area contributed by atoms with Crippen LogP contribution in [0.5, 0.6) is 11.5 Å². The number of rotatable bonds is 9. The highest BCUT2D eigenvalue weighted by atomic mass is 32.1. The van der Waals surface area contributed by atoms with Crippen LogP contribution in [0.3, 0.4) is 0 Å². The summed E-state index contributed by atoms with van der Waals surface area (Å²) in [6.07, 6.45) is 3.56. The maximum Gasteiger partial charge on any atom is 0.243 e. The van der Waals surface area contributed by atoms with Crippen LogP contribution in [0.2, 0.25) is 0 Å². The minimum absolute atomic E-state index is 0.0157. The lowest BCUT2D eigenvalue weighted by molar-refractivity contribution is -0.115. The Bertz CT molecular complexity index is 1010. The first-order chi connectivity index (χ1) is 15.1. The molecule has 3 N–H and O–H groups in total. The zero-order valence-corrected chi connectivity index (χ0v) is 18.2. The Morgan fingerprint density at radius 2 is 1.84 bits per heavy atom. The molecule has 0 radical (unpaired) electrons. The molecular weight excluding hydrogens is 414 g/mol. The molecule has 2 aromatic carbocycles. The van der Waals surface area contributed by atoms with Crippen LogP contribution in [0.4, 0.5) is 11.4 Å². The Hall–Kier alpha value is -3.59. The molecule has 0 aliphatic rings. The van der Waals surface area contributed by atoms with Crippen molar-refractivity contribution < 1.29 is 14.3 Å². The van der Waals surface area contributed by atoms with E-state index in [1.54, 1.807) is 10.9 Å². The molecule has 0 spiro atoms. The summed E-state index contributed by atoms with van der Waals surface area (Å²) in [6.45, 7) is 4.91. The van der Waals surface area contributed by atoms with Gasteiger partial charge in [-0.05, 0) is 68.5 Å². The fraction of sp³-hybridized carbons (Fsp3) is 0.227. The highest BCUT2D eigenvalue weighted by Crippen LogP contribution is 2.29. The van der Waals surface area contributed by atoms with E-state index in [1.807, 2.05) is 68.6 Å². The molecular formula is C22H25N5O3S. The van der Waals surface area contributed by atoms with E-state index >= 15 is 0 Å². The highest BCUT2D eigenvalue weighted by Gasteiger charge is 2.09. The van der Waals surface area contributed by atoms with Crippen molar-refractivity contribution in [3.63, 3.8) is 0 Å². The van der Waals surface area contributed by atoms with Gasteiger partial charge in [0, 0.05) is 24.1 Å². The number of benzene rings is 2. The number of carbonyl (C=O) groups is 1. The largest absolute Gasteiger partial charge is 0.494 e. The quantitative estimate of drug-likeness (QED) is 0.439. The Labute approximate surface area is 186 Å². The second-order valence-corrected chi connectivity index (χ2v) is 6.79. The molecule has 9 heteroatoms. The molecule has 31 heavy (non-hydrogen) atoms. The summed E-state index contributed by atoms with van der Waals surface area (Å²) in [5, 5.41) is 13.3. The van der Waals surface area contributed by atoms with Crippen LogP contribution in [0.25, 0.3) is 5.69 Å². The topological polar surface area (TPSA) is 89.4 Å². The molecule has 1 aromatic heterocycles. The van der Waals surface area contributed by atoms with Crippen molar-refractivity contribution in [2.45, 2.75) is 13.8 Å². The number of hydrogen-bond acceptors (Lipinski definition) is 5. The van der Waals surface area contributed by atoms with E-state index in [2.05, 4.69) is 21.0 Å². The van der Waals surface area contributed by atoms with Crippen LogP contribution in [0.15, 0.2) is 60.9 Å². The number of anilines is 2. The van der Waals surface area contributed by atoms with Gasteiger partial charge >= 0.3 is 0 Å². The van der Waals surface area contributed by atoms with Crippen LogP contribution in [0.1, 0.15) is 13.8 Å². The van der Waals surface area contributed by atoms with Crippen molar-refractivity contribution in [2.75, 3.05) is 30.4 Å². The lowest BCUT2D eigenvalue weighted by Gasteiger charge is -2.15. The van der Waals surface area contributed by atoms with Gasteiger partial charge in [0.25, 0.3) is 0 Å². The molecule has 0 atom stereocenters. The van der Waals surface area contributed by atoms with Crippen molar-refractivity contribution in [1.29, 1.82) is 0 Å². The van der Waals surface area contributed by atoms with E-state index in [-0.39, 0.29) is 12.5 Å². The average molecular weight is 440 g/mol. The van der Waals surface area contributed by atoms with Gasteiger partial charge in [-0.15, -0.1) is 0 Å². The van der Waals surface area contributed by atoms with E-state index in [0.717, 1.165) is 5.69 Å². The second-order valence-electron chi connectivity index (χ2n) is 6.38. The normalized spacial score (nSPS) is 10.3. The number of aromatic nitrogens is 2. The zero-order valence-electron chi connectivity index (χ0n) is 17.4. The van der Waals surface area contributed by atoms with Crippen LogP contribution < -0.4 is 25.4 Å². The third kappa shape index (κ3) is 6.45. The van der Waals surface area contributed by atoms with E-state index < -0.39 is 0 Å². The number of thiocarbonyl (C=S) groups is 1. The summed E-state index contributed by atoms with van der Waals surface area (Å²) >= 11 is 5.33. The Morgan fingerprint density at radius 3 is 2.52 bits per heavy atom. The number of nitrogens with one attached hydrogen (secondary N) is 3. The lowest BCUT2D eigenvalue weighted by atomic mass is 10.2. The fourth-order valence-corrected chi connectivity index (χ4v) is 2.98. The molecule has 8 nitrogen and oxygen atoms in total. The predicted molar refractivity (Wildman–Crippen MR) is 125 cm³/mol. The van der Waals surface area contributed by atoms with Gasteiger partial charge in [0.15, 0.2) is 5.11 Å². The van der Waals surface area contributed by atoms with Crippen LogP contribution in [-0.2, 0) is 4.79 Å². The van der Waals surface area contributed by atoms with Crippen molar-refractivity contribution in [1.82, 2.24) is 15.1 Å². The summed E-state index contributed by atoms with van der Waals surface area (Å²) in [5.41, 5.74) is 2.26. The van der Waals surface area contributed by atoms with Gasteiger partial charge in [0.1, 0.15) is 11.5 Å². The van der Waals surface area contributed by atoms with Gasteiger partial charge in [-0.3, -0.25) is 4.79 Å². The molecule has 0 fully saturated rings. The van der Waals surface area contributed by atoms with E-state index in [1.165, 1.54) is 0 Å². The van der Waals surface area contributed by atoms with Crippen LogP contribution in [-0.4, -0.2) is 40.6 Å². The van der Waals surface area contributed by atoms with Gasteiger partial charge < -0.3 is 25.4 Å². The average Bonchev–Trinajstić information content (AvgIpc) is 3.30. The van der Waals surface area contributed by atoms with Gasteiger partial charge in [-0.2, -0.15) is 5.10 Å². The van der Waals surface area contributed by atoms with Crippen molar-refractivity contribution in [3.8, 4) is 17.2 Å². The van der Waals surface area contributed by atoms with E-state index in [9.17, 15) is 4.79 Å². The van der Waals surface area contributed by atoms with Gasteiger partial charge in [0.2, 0.25) is 5.91 Å². The summed E-state index contributed by atoms with van der Waals surface area (Å²) in [7, 11) is 0. The van der Waals surface area contributed by atoms with Gasteiger partial charge in [-0.1, -0.05) is 0 Å². The molecule has 1 amide bonds. The molecule has 1 heterocycles. The lowest BCUT2D eigenvalue weighted by Crippen LogP contribution is -2.35. The number of hydrogen-bond donors (Lipinski definition) is 3. The number of carbonyl (C=O) groups excluding carboxylic acids is 1. The predicted octanol–water partition coefficient (Wildman–Crippen LogP) is 3.59. The second kappa shape index (κ2) is 11.0. The summed E-state index contributed by atoms with van der Waals surface area (Å²) in [6, 6.07) is 14.7. The van der Waals surface area contributed by atoms with E-state index in [4.69, 9.17) is 21.7 Å².